The molecule has 0 fully saturated rings. The minimum Gasteiger partial charge on any atom is -0.444 e. The molecule has 3 nitrogen and oxygen atoms in total. The van der Waals surface area contributed by atoms with E-state index in [1.807, 2.05) is 25.7 Å². The molecule has 0 spiro atoms. The van der Waals surface area contributed by atoms with Crippen molar-refractivity contribution in [1.82, 2.24) is 4.90 Å². The minimum atomic E-state index is -0.456. The number of rotatable bonds is 5. The van der Waals surface area contributed by atoms with Crippen LogP contribution in [-0.4, -0.2) is 28.7 Å². The van der Waals surface area contributed by atoms with Crippen LogP contribution < -0.4 is 0 Å². The highest BCUT2D eigenvalue weighted by Crippen LogP contribution is 2.19. The zero-order valence-corrected chi connectivity index (χ0v) is 15.9. The molecule has 0 radical (unpaired) electrons. The lowest BCUT2D eigenvalue weighted by molar-refractivity contribution is 0.00589. The molecule has 1 amide bonds. The Labute approximate surface area is 142 Å². The van der Waals surface area contributed by atoms with Crippen molar-refractivity contribution in [2.75, 3.05) is 6.54 Å². The first-order valence-electron chi connectivity index (χ1n) is 8.55. The molecule has 0 aromatic heterocycles. The maximum atomic E-state index is 12.4. The van der Waals surface area contributed by atoms with Gasteiger partial charge in [0.05, 0.1) is 0 Å². The van der Waals surface area contributed by atoms with Gasteiger partial charge in [0, 0.05) is 12.1 Å². The second-order valence-electron chi connectivity index (χ2n) is 8.25. The normalized spacial score (nSPS) is 12.1. The van der Waals surface area contributed by atoms with Gasteiger partial charge in [0.25, 0.3) is 0 Å². The first-order valence-corrected chi connectivity index (χ1v) is 8.55. The Balaban J connectivity index is 2.54. The molecule has 0 bridgehead atoms. The molecule has 130 valence electrons. The SMILES string of the molecule is Cc1cccc(CCCCN(C(=O)OC(C)(C)C)C(C)(C)C)c1. The van der Waals surface area contributed by atoms with Gasteiger partial charge in [0.15, 0.2) is 0 Å². The van der Waals surface area contributed by atoms with Gasteiger partial charge in [-0.25, -0.2) is 4.79 Å². The first-order chi connectivity index (χ1) is 10.5. The maximum Gasteiger partial charge on any atom is 0.410 e. The van der Waals surface area contributed by atoms with E-state index in [0.29, 0.717) is 0 Å². The van der Waals surface area contributed by atoms with Crippen LogP contribution in [0.25, 0.3) is 0 Å². The molecular weight excluding hydrogens is 286 g/mol. The predicted molar refractivity (Wildman–Crippen MR) is 96.8 cm³/mol. The van der Waals surface area contributed by atoms with Gasteiger partial charge in [0.2, 0.25) is 0 Å². The van der Waals surface area contributed by atoms with E-state index in [1.54, 1.807) is 0 Å². The Kier molecular flexibility index (Phi) is 6.67. The Morgan fingerprint density at radius 1 is 1.09 bits per heavy atom. The average Bonchev–Trinajstić information content (AvgIpc) is 2.34. The summed E-state index contributed by atoms with van der Waals surface area (Å²) in [6.45, 7) is 14.7. The third-order valence-corrected chi connectivity index (χ3v) is 3.60. The number of aryl methyl sites for hydroxylation is 2. The molecule has 23 heavy (non-hydrogen) atoms. The predicted octanol–water partition coefficient (Wildman–Crippen LogP) is 5.35. The van der Waals surface area contributed by atoms with Crippen molar-refractivity contribution >= 4 is 6.09 Å². The highest BCUT2D eigenvalue weighted by Gasteiger charge is 2.30. The Hall–Kier alpha value is -1.51. The van der Waals surface area contributed by atoms with E-state index in [1.165, 1.54) is 11.1 Å². The van der Waals surface area contributed by atoms with Crippen LogP contribution in [0.2, 0.25) is 0 Å². The van der Waals surface area contributed by atoms with Gasteiger partial charge in [-0.15, -0.1) is 0 Å². The molecule has 0 saturated heterocycles. The van der Waals surface area contributed by atoms with Crippen LogP contribution in [0.15, 0.2) is 24.3 Å². The number of carbonyl (C=O) groups excluding carboxylic acids is 1. The van der Waals surface area contributed by atoms with E-state index in [9.17, 15) is 4.79 Å². The van der Waals surface area contributed by atoms with Gasteiger partial charge in [-0.05, 0) is 73.3 Å². The molecular formula is C20H33NO2. The summed E-state index contributed by atoms with van der Waals surface area (Å²) in [6.07, 6.45) is 2.87. The van der Waals surface area contributed by atoms with Crippen LogP contribution in [0.5, 0.6) is 0 Å². The summed E-state index contributed by atoms with van der Waals surface area (Å²) >= 11 is 0. The van der Waals surface area contributed by atoms with Crippen molar-refractivity contribution < 1.29 is 9.53 Å². The third kappa shape index (κ3) is 7.54. The molecule has 0 saturated carbocycles. The second kappa shape index (κ2) is 7.85. The summed E-state index contributed by atoms with van der Waals surface area (Å²) < 4.78 is 5.54. The van der Waals surface area contributed by atoms with Gasteiger partial charge in [-0.3, -0.25) is 0 Å². The van der Waals surface area contributed by atoms with E-state index in [0.717, 1.165) is 25.8 Å². The largest absolute Gasteiger partial charge is 0.444 e. The Morgan fingerprint density at radius 3 is 2.26 bits per heavy atom. The van der Waals surface area contributed by atoms with E-state index >= 15 is 0 Å². The second-order valence-corrected chi connectivity index (χ2v) is 8.25. The first kappa shape index (κ1) is 19.5. The average molecular weight is 319 g/mol. The van der Waals surface area contributed by atoms with Crippen molar-refractivity contribution in [2.45, 2.75) is 78.9 Å². The summed E-state index contributed by atoms with van der Waals surface area (Å²) in [4.78, 5) is 14.3. The number of benzene rings is 1. The number of carbonyl (C=O) groups is 1. The summed E-state index contributed by atoms with van der Waals surface area (Å²) in [5.74, 6) is 0. The molecule has 0 N–H and O–H groups in total. The van der Waals surface area contributed by atoms with Gasteiger partial charge in [-0.1, -0.05) is 29.8 Å². The number of hydrogen-bond donors (Lipinski definition) is 0. The van der Waals surface area contributed by atoms with Crippen LogP contribution in [-0.2, 0) is 11.2 Å². The highest BCUT2D eigenvalue weighted by molar-refractivity contribution is 5.69. The van der Waals surface area contributed by atoms with Crippen LogP contribution in [0.1, 0.15) is 65.5 Å². The van der Waals surface area contributed by atoms with Crippen LogP contribution in [0.3, 0.4) is 0 Å². The molecule has 3 heteroatoms. The van der Waals surface area contributed by atoms with E-state index < -0.39 is 5.60 Å². The summed E-state index contributed by atoms with van der Waals surface area (Å²) in [5, 5.41) is 0. The third-order valence-electron chi connectivity index (χ3n) is 3.60. The fraction of sp³-hybridized carbons (Fsp3) is 0.650. The zero-order chi connectivity index (χ0) is 17.7. The Bertz CT molecular complexity index is 509. The van der Waals surface area contributed by atoms with Crippen LogP contribution in [0, 0.1) is 6.92 Å². The van der Waals surface area contributed by atoms with Crippen LogP contribution in [0.4, 0.5) is 4.79 Å². The molecule has 0 aliphatic rings. The van der Waals surface area contributed by atoms with Gasteiger partial charge < -0.3 is 9.64 Å². The molecule has 0 atom stereocenters. The smallest absolute Gasteiger partial charge is 0.410 e. The number of ether oxygens (including phenoxy) is 1. The van der Waals surface area contributed by atoms with Gasteiger partial charge in [-0.2, -0.15) is 0 Å². The summed E-state index contributed by atoms with van der Waals surface area (Å²) in [5.41, 5.74) is 1.98. The standard InChI is InChI=1S/C20H33NO2/c1-16-11-10-13-17(15-16)12-8-9-14-21(19(2,3)4)18(22)23-20(5,6)7/h10-11,13,15H,8-9,12,14H2,1-7H3. The monoisotopic (exact) mass is 319 g/mol. The van der Waals surface area contributed by atoms with Crippen molar-refractivity contribution in [3.63, 3.8) is 0 Å². The number of hydrogen-bond acceptors (Lipinski definition) is 2. The quantitative estimate of drug-likeness (QED) is 0.684. The topological polar surface area (TPSA) is 29.5 Å². The lowest BCUT2D eigenvalue weighted by Gasteiger charge is -2.37. The fourth-order valence-electron chi connectivity index (χ4n) is 2.48. The molecule has 1 aromatic carbocycles. The molecule has 1 aromatic rings. The molecule has 1 rings (SSSR count). The number of amides is 1. The number of nitrogens with zero attached hydrogens (tertiary/aromatic N) is 1. The molecule has 0 aliphatic heterocycles. The molecule has 0 heterocycles. The van der Waals surface area contributed by atoms with Gasteiger partial charge in [0.1, 0.15) is 5.60 Å². The lowest BCUT2D eigenvalue weighted by Crippen LogP contribution is -2.48. The molecule has 0 aliphatic carbocycles. The zero-order valence-electron chi connectivity index (χ0n) is 15.9. The van der Waals surface area contributed by atoms with Crippen molar-refractivity contribution in [3.8, 4) is 0 Å². The van der Waals surface area contributed by atoms with Gasteiger partial charge >= 0.3 is 6.09 Å². The highest BCUT2D eigenvalue weighted by atomic mass is 16.6. The van der Waals surface area contributed by atoms with Crippen molar-refractivity contribution in [2.24, 2.45) is 0 Å². The minimum absolute atomic E-state index is 0.222. The number of unbranched alkanes of at least 4 members (excludes halogenated alkanes) is 1. The van der Waals surface area contributed by atoms with E-state index in [2.05, 4.69) is 52.0 Å². The lowest BCUT2D eigenvalue weighted by atomic mass is 10.0. The van der Waals surface area contributed by atoms with Crippen molar-refractivity contribution in [1.29, 1.82) is 0 Å². The Morgan fingerprint density at radius 2 is 1.74 bits per heavy atom. The van der Waals surface area contributed by atoms with Crippen molar-refractivity contribution in [3.05, 3.63) is 35.4 Å². The van der Waals surface area contributed by atoms with E-state index in [-0.39, 0.29) is 11.6 Å². The van der Waals surface area contributed by atoms with Crippen LogP contribution >= 0.6 is 0 Å². The fourth-order valence-corrected chi connectivity index (χ4v) is 2.48. The molecule has 0 unspecified atom stereocenters. The van der Waals surface area contributed by atoms with E-state index in [4.69, 9.17) is 4.74 Å². The summed E-state index contributed by atoms with van der Waals surface area (Å²) in [6, 6.07) is 8.62. The maximum absolute atomic E-state index is 12.4. The summed E-state index contributed by atoms with van der Waals surface area (Å²) in [7, 11) is 0.